The van der Waals surface area contributed by atoms with Crippen molar-refractivity contribution >= 4 is 145 Å². The molecule has 0 saturated heterocycles. The van der Waals surface area contributed by atoms with Crippen LogP contribution < -0.4 is 0 Å². The van der Waals surface area contributed by atoms with E-state index in [1.54, 1.807) is 34.0 Å². The Labute approximate surface area is 435 Å². The van der Waals surface area contributed by atoms with Gasteiger partial charge in [0.1, 0.15) is 0 Å². The number of nitrogens with zero attached hydrogens (tertiary/aromatic N) is 3. The van der Waals surface area contributed by atoms with Crippen LogP contribution in [0.25, 0.3) is 130 Å². The second kappa shape index (κ2) is 16.9. The second-order valence-corrected chi connectivity index (χ2v) is 23.5. The standard InChI is InChI=1S/C60H36Br3N3S3/c1-31-64-58-49-19-16-43(55(61)46(49)22-25-52(58)67-31)40-13-7-4-10-37(40)34-28-35(38-11-5-8-14-41(38)44-17-20-50-47(56(44)62)23-26-53-59(50)65-32(2)68-53)30-36(29-34)39-12-6-9-15-42(39)45-18-21-51-48(57(45)63)24-27-54-60(51)66-33(3)69-54/h4-30H,1-3H3. The number of aromatic nitrogens is 3. The first-order valence-electron chi connectivity index (χ1n) is 22.6. The van der Waals surface area contributed by atoms with Gasteiger partial charge in [-0.05, 0) is 188 Å². The molecule has 13 rings (SSSR count). The van der Waals surface area contributed by atoms with Crippen LogP contribution in [0.2, 0.25) is 0 Å². The van der Waals surface area contributed by atoms with Gasteiger partial charge < -0.3 is 0 Å². The van der Waals surface area contributed by atoms with Gasteiger partial charge in [0, 0.05) is 29.6 Å². The van der Waals surface area contributed by atoms with Crippen molar-refractivity contribution in [2.24, 2.45) is 0 Å². The van der Waals surface area contributed by atoms with Crippen molar-refractivity contribution in [1.82, 2.24) is 15.0 Å². The molecule has 3 aromatic heterocycles. The van der Waals surface area contributed by atoms with Gasteiger partial charge in [0.05, 0.1) is 45.7 Å². The zero-order chi connectivity index (χ0) is 46.7. The van der Waals surface area contributed by atoms with E-state index in [0.717, 1.165) is 144 Å². The Balaban J connectivity index is 1.03. The van der Waals surface area contributed by atoms with Gasteiger partial charge in [-0.1, -0.05) is 127 Å². The number of rotatable bonds is 6. The van der Waals surface area contributed by atoms with E-state index in [1.807, 2.05) is 0 Å². The quantitative estimate of drug-likeness (QED) is 0.167. The van der Waals surface area contributed by atoms with Gasteiger partial charge in [-0.25, -0.2) is 15.0 Å². The Hall–Kier alpha value is -5.91. The van der Waals surface area contributed by atoms with Crippen molar-refractivity contribution in [2.75, 3.05) is 0 Å². The number of thiazole rings is 3. The lowest BCUT2D eigenvalue weighted by Crippen LogP contribution is -1.93. The van der Waals surface area contributed by atoms with E-state index in [2.05, 4.69) is 232 Å². The molecule has 0 amide bonds. The predicted octanol–water partition coefficient (Wildman–Crippen LogP) is 20.2. The number of hydrogen-bond acceptors (Lipinski definition) is 6. The van der Waals surface area contributed by atoms with Gasteiger partial charge >= 0.3 is 0 Å². The first kappa shape index (κ1) is 43.1. The largest absolute Gasteiger partial charge is 0.241 e. The molecule has 0 radical (unpaired) electrons. The molecule has 0 fully saturated rings. The maximum absolute atomic E-state index is 4.94. The Morgan fingerprint density at radius 1 is 0.290 bits per heavy atom. The molecule has 0 atom stereocenters. The van der Waals surface area contributed by atoms with Crippen molar-refractivity contribution < 1.29 is 0 Å². The summed E-state index contributed by atoms with van der Waals surface area (Å²) in [5.41, 5.74) is 16.8. The van der Waals surface area contributed by atoms with E-state index in [1.165, 1.54) is 14.1 Å². The average molecular weight is 1130 g/mol. The molecule has 3 heterocycles. The third kappa shape index (κ3) is 7.15. The molecule has 0 aliphatic rings. The van der Waals surface area contributed by atoms with Crippen LogP contribution >= 0.6 is 81.8 Å². The van der Waals surface area contributed by atoms with Crippen molar-refractivity contribution in [3.8, 4) is 66.8 Å². The lowest BCUT2D eigenvalue weighted by atomic mass is 9.85. The fourth-order valence-corrected chi connectivity index (χ4v) is 14.8. The fraction of sp³-hybridized carbons (Fsp3) is 0.0500. The smallest absolute Gasteiger partial charge is 0.0908 e. The maximum atomic E-state index is 4.94. The third-order valence-corrected chi connectivity index (χ3v) is 18.7. The van der Waals surface area contributed by atoms with Gasteiger partial charge in [-0.3, -0.25) is 0 Å². The summed E-state index contributed by atoms with van der Waals surface area (Å²) < 4.78 is 6.79. The minimum absolute atomic E-state index is 1.05. The van der Waals surface area contributed by atoms with E-state index < -0.39 is 0 Å². The van der Waals surface area contributed by atoms with Crippen LogP contribution in [0.15, 0.2) is 177 Å². The summed E-state index contributed by atoms with van der Waals surface area (Å²) in [5.74, 6) is 0. The van der Waals surface area contributed by atoms with Crippen molar-refractivity contribution in [3.05, 3.63) is 192 Å². The summed E-state index contributed by atoms with van der Waals surface area (Å²) in [5, 5.41) is 10.1. The lowest BCUT2D eigenvalue weighted by Gasteiger charge is -2.19. The first-order valence-corrected chi connectivity index (χ1v) is 27.4. The molecule has 0 aliphatic carbocycles. The molecule has 13 aromatic rings. The van der Waals surface area contributed by atoms with Gasteiger partial charge in [0.25, 0.3) is 0 Å². The van der Waals surface area contributed by atoms with E-state index in [0.29, 0.717) is 0 Å². The summed E-state index contributed by atoms with van der Waals surface area (Å²) in [6, 6.07) is 60.4. The molecule has 0 aliphatic heterocycles. The predicted molar refractivity (Wildman–Crippen MR) is 308 cm³/mol. The zero-order valence-electron chi connectivity index (χ0n) is 37.3. The Morgan fingerprint density at radius 2 is 0.551 bits per heavy atom. The minimum atomic E-state index is 1.05. The summed E-state index contributed by atoms with van der Waals surface area (Å²) in [6.45, 7) is 6.24. The van der Waals surface area contributed by atoms with E-state index in [-0.39, 0.29) is 0 Å². The molecule has 0 spiro atoms. The molecule has 9 heteroatoms. The normalized spacial score (nSPS) is 11.9. The molecule has 0 unspecified atom stereocenters. The lowest BCUT2D eigenvalue weighted by molar-refractivity contribution is 1.35. The highest BCUT2D eigenvalue weighted by atomic mass is 79.9. The van der Waals surface area contributed by atoms with Gasteiger partial charge in [0.15, 0.2) is 0 Å². The second-order valence-electron chi connectivity index (χ2n) is 17.4. The molecule has 0 bridgehead atoms. The van der Waals surface area contributed by atoms with Crippen LogP contribution in [0, 0.1) is 20.8 Å². The van der Waals surface area contributed by atoms with Crippen LogP contribution in [-0.2, 0) is 0 Å². The van der Waals surface area contributed by atoms with Crippen LogP contribution in [-0.4, -0.2) is 15.0 Å². The molecule has 69 heavy (non-hydrogen) atoms. The highest BCUT2D eigenvalue weighted by Gasteiger charge is 2.21. The number of benzene rings is 10. The molecule has 330 valence electrons. The minimum Gasteiger partial charge on any atom is -0.241 e. The summed E-state index contributed by atoms with van der Waals surface area (Å²) in [7, 11) is 0. The van der Waals surface area contributed by atoms with Crippen LogP contribution in [0.3, 0.4) is 0 Å². The van der Waals surface area contributed by atoms with Gasteiger partial charge in [-0.2, -0.15) is 0 Å². The van der Waals surface area contributed by atoms with Crippen LogP contribution in [0.1, 0.15) is 15.0 Å². The third-order valence-electron chi connectivity index (χ3n) is 13.3. The van der Waals surface area contributed by atoms with E-state index in [9.17, 15) is 0 Å². The fourth-order valence-electron chi connectivity index (χ4n) is 10.2. The zero-order valence-corrected chi connectivity index (χ0v) is 44.5. The monoisotopic (exact) mass is 1130 g/mol. The van der Waals surface area contributed by atoms with Crippen LogP contribution in [0.5, 0.6) is 0 Å². The topological polar surface area (TPSA) is 38.7 Å². The highest BCUT2D eigenvalue weighted by molar-refractivity contribution is 9.11. The SMILES string of the molecule is Cc1nc2c(ccc3c(Br)c(-c4ccccc4-c4cc(-c5ccccc5-c5ccc6c(ccc7sc(C)nc76)c5Br)cc(-c5ccccc5-c5ccc6c(ccc7sc(C)nc76)c5Br)c4)ccc32)s1. The number of hydrogen-bond donors (Lipinski definition) is 0. The average Bonchev–Trinajstić information content (AvgIpc) is 4.08. The number of aryl methyl sites for hydroxylation is 3. The van der Waals surface area contributed by atoms with Gasteiger partial charge in [0.2, 0.25) is 0 Å². The highest BCUT2D eigenvalue weighted by Crippen LogP contribution is 2.48. The number of fused-ring (bicyclic) bond motifs is 9. The molecule has 3 nitrogen and oxygen atoms in total. The summed E-state index contributed by atoms with van der Waals surface area (Å²) in [6.07, 6.45) is 0. The molecular formula is C60H36Br3N3S3. The Morgan fingerprint density at radius 3 is 0.841 bits per heavy atom. The summed E-state index contributed by atoms with van der Waals surface area (Å²) in [4.78, 5) is 14.8. The maximum Gasteiger partial charge on any atom is 0.0908 e. The molecule has 0 N–H and O–H groups in total. The molecule has 10 aromatic carbocycles. The van der Waals surface area contributed by atoms with E-state index in [4.69, 9.17) is 15.0 Å². The van der Waals surface area contributed by atoms with Crippen molar-refractivity contribution in [2.45, 2.75) is 20.8 Å². The van der Waals surface area contributed by atoms with Crippen molar-refractivity contribution in [1.29, 1.82) is 0 Å². The Bertz CT molecular complexity index is 3850. The van der Waals surface area contributed by atoms with Crippen LogP contribution in [0.4, 0.5) is 0 Å². The van der Waals surface area contributed by atoms with Crippen molar-refractivity contribution in [3.63, 3.8) is 0 Å². The molecule has 0 saturated carbocycles. The first-order chi connectivity index (χ1) is 33.7. The summed E-state index contributed by atoms with van der Waals surface area (Å²) >= 11 is 17.6. The Kier molecular flexibility index (Phi) is 10.6. The van der Waals surface area contributed by atoms with Gasteiger partial charge in [-0.15, -0.1) is 34.0 Å². The molecular weight excluding hydrogens is 1100 g/mol. The van der Waals surface area contributed by atoms with E-state index >= 15 is 0 Å². The number of halogens is 3.